The predicted molar refractivity (Wildman–Crippen MR) is 78.7 cm³/mol. The Hall–Kier alpha value is -1.82. The maximum absolute atomic E-state index is 13.1. The van der Waals surface area contributed by atoms with Crippen molar-refractivity contribution in [3.05, 3.63) is 46.2 Å². The van der Waals surface area contributed by atoms with Crippen LogP contribution in [0.15, 0.2) is 24.3 Å². The van der Waals surface area contributed by atoms with Crippen molar-refractivity contribution in [2.45, 2.75) is 32.2 Å². The molecule has 0 bridgehead atoms. The first-order valence-electron chi connectivity index (χ1n) is 7.08. The summed E-state index contributed by atoms with van der Waals surface area (Å²) in [6.45, 7) is 2.69. The minimum atomic E-state index is -0.255. The molecule has 21 heavy (non-hydrogen) atoms. The molecule has 0 N–H and O–H groups in total. The molecule has 2 aromatic rings. The summed E-state index contributed by atoms with van der Waals surface area (Å²) < 4.78 is 16.9. The van der Waals surface area contributed by atoms with E-state index in [0.29, 0.717) is 11.3 Å². The van der Waals surface area contributed by atoms with Gasteiger partial charge in [-0.25, -0.2) is 4.39 Å². The molecule has 0 saturated carbocycles. The van der Waals surface area contributed by atoms with Gasteiger partial charge in [-0.15, -0.1) is 5.10 Å². The van der Waals surface area contributed by atoms with E-state index in [9.17, 15) is 9.18 Å². The molecule has 1 unspecified atom stereocenters. The Morgan fingerprint density at radius 1 is 1.43 bits per heavy atom. The zero-order valence-electron chi connectivity index (χ0n) is 11.8. The van der Waals surface area contributed by atoms with Gasteiger partial charge in [0.2, 0.25) is 0 Å². The van der Waals surface area contributed by atoms with Crippen LogP contribution in [0.5, 0.6) is 0 Å². The number of rotatable bonds is 3. The third kappa shape index (κ3) is 2.68. The average molecular weight is 305 g/mol. The number of amides is 1. The molecule has 110 valence electrons. The first kappa shape index (κ1) is 14.1. The number of hydrogen-bond donors (Lipinski definition) is 0. The summed E-state index contributed by atoms with van der Waals surface area (Å²) in [6.07, 6.45) is 2.57. The van der Waals surface area contributed by atoms with Crippen LogP contribution in [0.4, 0.5) is 4.39 Å². The van der Waals surface area contributed by atoms with Gasteiger partial charge in [0, 0.05) is 6.54 Å². The SMILES string of the molecule is CCc1nnsc1C(=O)N1CCCC1c1ccc(F)cc1. The Labute approximate surface area is 126 Å². The van der Waals surface area contributed by atoms with E-state index in [4.69, 9.17) is 0 Å². The Morgan fingerprint density at radius 2 is 2.19 bits per heavy atom. The lowest BCUT2D eigenvalue weighted by Crippen LogP contribution is -2.30. The van der Waals surface area contributed by atoms with Crippen molar-refractivity contribution in [1.29, 1.82) is 0 Å². The van der Waals surface area contributed by atoms with Crippen LogP contribution in [0.3, 0.4) is 0 Å². The van der Waals surface area contributed by atoms with Gasteiger partial charge in [0.05, 0.1) is 11.7 Å². The van der Waals surface area contributed by atoms with Gasteiger partial charge in [0.15, 0.2) is 0 Å². The van der Waals surface area contributed by atoms with Gasteiger partial charge >= 0.3 is 0 Å². The van der Waals surface area contributed by atoms with Crippen LogP contribution in [0.1, 0.15) is 46.7 Å². The Morgan fingerprint density at radius 3 is 2.90 bits per heavy atom. The van der Waals surface area contributed by atoms with E-state index >= 15 is 0 Å². The number of carbonyl (C=O) groups excluding carboxylic acids is 1. The third-order valence-corrected chi connectivity index (χ3v) is 4.61. The second-order valence-electron chi connectivity index (χ2n) is 5.11. The minimum absolute atomic E-state index is 0.00586. The Balaban J connectivity index is 1.87. The molecule has 3 rings (SSSR count). The molecular weight excluding hydrogens is 289 g/mol. The number of aromatic nitrogens is 2. The Bertz CT molecular complexity index is 641. The Kier molecular flexibility index (Phi) is 3.96. The number of halogens is 1. The summed E-state index contributed by atoms with van der Waals surface area (Å²) in [5.41, 5.74) is 1.74. The van der Waals surface area contributed by atoms with E-state index in [2.05, 4.69) is 9.59 Å². The predicted octanol–water partition coefficient (Wildman–Crippen LogP) is 3.22. The highest BCUT2D eigenvalue weighted by Gasteiger charge is 2.32. The van der Waals surface area contributed by atoms with E-state index < -0.39 is 0 Å². The van der Waals surface area contributed by atoms with Crippen molar-refractivity contribution in [1.82, 2.24) is 14.5 Å². The van der Waals surface area contributed by atoms with Gasteiger partial charge in [0.25, 0.3) is 5.91 Å². The van der Waals surface area contributed by atoms with Crippen LogP contribution in [0, 0.1) is 5.82 Å². The lowest BCUT2D eigenvalue weighted by Gasteiger charge is -2.24. The van der Waals surface area contributed by atoms with E-state index in [1.807, 2.05) is 11.8 Å². The van der Waals surface area contributed by atoms with Crippen molar-refractivity contribution in [2.75, 3.05) is 6.54 Å². The fraction of sp³-hybridized carbons (Fsp3) is 0.400. The quantitative estimate of drug-likeness (QED) is 0.874. The van der Waals surface area contributed by atoms with Gasteiger partial charge in [-0.05, 0) is 48.5 Å². The first-order chi connectivity index (χ1) is 10.2. The largest absolute Gasteiger partial charge is 0.331 e. The monoisotopic (exact) mass is 305 g/mol. The minimum Gasteiger partial charge on any atom is -0.331 e. The average Bonchev–Trinajstić information content (AvgIpc) is 3.16. The molecule has 1 aromatic carbocycles. The van der Waals surface area contributed by atoms with Gasteiger partial charge in [-0.1, -0.05) is 23.5 Å². The molecule has 1 fully saturated rings. The molecule has 1 atom stereocenters. The zero-order valence-corrected chi connectivity index (χ0v) is 12.6. The van der Waals surface area contributed by atoms with E-state index in [1.165, 1.54) is 12.1 Å². The summed E-state index contributed by atoms with van der Waals surface area (Å²) in [5.74, 6) is -0.261. The van der Waals surface area contributed by atoms with E-state index in [-0.39, 0.29) is 17.8 Å². The van der Waals surface area contributed by atoms with Crippen LogP contribution >= 0.6 is 11.5 Å². The summed E-state index contributed by atoms with van der Waals surface area (Å²) in [5, 5.41) is 4.01. The van der Waals surface area contributed by atoms with Gasteiger partial charge < -0.3 is 4.90 Å². The highest BCUT2D eigenvalue weighted by molar-refractivity contribution is 7.08. The first-order valence-corrected chi connectivity index (χ1v) is 7.85. The van der Waals surface area contributed by atoms with E-state index in [1.54, 1.807) is 12.1 Å². The number of aryl methyl sites for hydroxylation is 1. The maximum Gasteiger partial charge on any atom is 0.268 e. The van der Waals surface area contributed by atoms with Crippen molar-refractivity contribution >= 4 is 17.4 Å². The van der Waals surface area contributed by atoms with Crippen molar-refractivity contribution in [2.24, 2.45) is 0 Å². The number of carbonyl (C=O) groups is 1. The molecule has 0 aliphatic carbocycles. The molecule has 0 radical (unpaired) electrons. The van der Waals surface area contributed by atoms with Gasteiger partial charge in [0.1, 0.15) is 10.7 Å². The number of benzene rings is 1. The fourth-order valence-corrected chi connectivity index (χ4v) is 3.48. The van der Waals surface area contributed by atoms with Crippen LogP contribution in [0.2, 0.25) is 0 Å². The molecule has 0 spiro atoms. The molecule has 1 aromatic heterocycles. The molecule has 6 heteroatoms. The summed E-state index contributed by atoms with van der Waals surface area (Å²) >= 11 is 1.16. The lowest BCUT2D eigenvalue weighted by molar-refractivity contribution is 0.0739. The molecular formula is C15H16FN3OS. The summed E-state index contributed by atoms with van der Waals surface area (Å²) in [7, 11) is 0. The highest BCUT2D eigenvalue weighted by atomic mass is 32.1. The van der Waals surface area contributed by atoms with Crippen LogP contribution in [0.25, 0.3) is 0 Å². The third-order valence-electron chi connectivity index (χ3n) is 3.85. The van der Waals surface area contributed by atoms with Crippen molar-refractivity contribution in [3.8, 4) is 0 Å². The zero-order chi connectivity index (χ0) is 14.8. The van der Waals surface area contributed by atoms with Crippen LogP contribution < -0.4 is 0 Å². The maximum atomic E-state index is 13.1. The molecule has 1 aliphatic rings. The highest BCUT2D eigenvalue weighted by Crippen LogP contribution is 2.34. The van der Waals surface area contributed by atoms with Gasteiger partial charge in [-0.2, -0.15) is 0 Å². The number of nitrogens with zero attached hydrogens (tertiary/aromatic N) is 3. The molecule has 1 saturated heterocycles. The number of hydrogen-bond acceptors (Lipinski definition) is 4. The summed E-state index contributed by atoms with van der Waals surface area (Å²) in [6, 6.07) is 6.43. The van der Waals surface area contributed by atoms with Crippen molar-refractivity contribution in [3.63, 3.8) is 0 Å². The second kappa shape index (κ2) is 5.89. The van der Waals surface area contributed by atoms with Crippen LogP contribution in [-0.4, -0.2) is 26.9 Å². The summed E-state index contributed by atoms with van der Waals surface area (Å²) in [4.78, 5) is 15.2. The lowest BCUT2D eigenvalue weighted by atomic mass is 10.0. The van der Waals surface area contributed by atoms with Gasteiger partial charge in [-0.3, -0.25) is 4.79 Å². The molecule has 2 heterocycles. The molecule has 4 nitrogen and oxygen atoms in total. The smallest absolute Gasteiger partial charge is 0.268 e. The standard InChI is InChI=1S/C15H16FN3OS/c1-2-12-14(21-18-17-12)15(20)19-9-3-4-13(19)10-5-7-11(16)8-6-10/h5-8,13H,2-4,9H2,1H3. The molecule has 1 aliphatic heterocycles. The molecule has 1 amide bonds. The topological polar surface area (TPSA) is 46.1 Å². The number of likely N-dealkylation sites (tertiary alicyclic amines) is 1. The fourth-order valence-electron chi connectivity index (χ4n) is 2.77. The second-order valence-corrected chi connectivity index (χ2v) is 5.86. The van der Waals surface area contributed by atoms with E-state index in [0.717, 1.165) is 42.2 Å². The van der Waals surface area contributed by atoms with Crippen LogP contribution in [-0.2, 0) is 6.42 Å². The van der Waals surface area contributed by atoms with Crippen molar-refractivity contribution < 1.29 is 9.18 Å². The normalized spacial score (nSPS) is 18.2.